The molecule has 0 unspecified atom stereocenters. The molecular weight excluding hydrogens is 484 g/mol. The maximum atomic E-state index is 12.3. The van der Waals surface area contributed by atoms with Crippen LogP contribution in [-0.2, 0) is 4.74 Å². The number of azo groups is 1. The summed E-state index contributed by atoms with van der Waals surface area (Å²) < 4.78 is 11.3. The minimum Gasteiger partial charge on any atom is -0.494 e. The molecule has 0 heterocycles. The summed E-state index contributed by atoms with van der Waals surface area (Å²) in [6, 6.07) is 14.7. The van der Waals surface area contributed by atoms with E-state index < -0.39 is 0 Å². The SMILES string of the molecule is C#CCCCCCCCCCOc1ccc(N=Nc2ccc(C(=O)OCCCCCCCCCC)cc2)cc1. The molecule has 0 aromatic heterocycles. The highest BCUT2D eigenvalue weighted by Crippen LogP contribution is 2.22. The van der Waals surface area contributed by atoms with Crippen molar-refractivity contribution in [2.75, 3.05) is 13.2 Å². The smallest absolute Gasteiger partial charge is 0.338 e. The Kier molecular flexibility index (Phi) is 17.9. The number of carbonyl (C=O) groups is 1. The van der Waals surface area contributed by atoms with E-state index in [0.29, 0.717) is 17.9 Å². The van der Waals surface area contributed by atoms with Crippen LogP contribution in [0.2, 0.25) is 0 Å². The van der Waals surface area contributed by atoms with Gasteiger partial charge in [0.25, 0.3) is 0 Å². The van der Waals surface area contributed by atoms with E-state index in [1.165, 1.54) is 70.6 Å². The number of benzene rings is 2. The molecule has 0 atom stereocenters. The Bertz CT molecular complexity index is 961. The lowest BCUT2D eigenvalue weighted by Crippen LogP contribution is -2.06. The Balaban J connectivity index is 1.58. The summed E-state index contributed by atoms with van der Waals surface area (Å²) in [6.07, 6.45) is 24.4. The molecule has 5 heteroatoms. The molecule has 5 nitrogen and oxygen atoms in total. The molecule has 2 aromatic rings. The Morgan fingerprint density at radius 3 is 1.72 bits per heavy atom. The van der Waals surface area contributed by atoms with Crippen LogP contribution in [0.25, 0.3) is 0 Å². The van der Waals surface area contributed by atoms with Gasteiger partial charge in [-0.1, -0.05) is 84.0 Å². The largest absolute Gasteiger partial charge is 0.494 e. The maximum absolute atomic E-state index is 12.3. The molecule has 0 radical (unpaired) electrons. The molecule has 0 aliphatic heterocycles. The Morgan fingerprint density at radius 1 is 0.667 bits per heavy atom. The van der Waals surface area contributed by atoms with Gasteiger partial charge in [-0.2, -0.15) is 10.2 Å². The van der Waals surface area contributed by atoms with Crippen LogP contribution in [0.15, 0.2) is 58.8 Å². The van der Waals surface area contributed by atoms with Gasteiger partial charge < -0.3 is 9.47 Å². The summed E-state index contributed by atoms with van der Waals surface area (Å²) in [5, 5.41) is 8.57. The second-order valence-corrected chi connectivity index (χ2v) is 10.1. The lowest BCUT2D eigenvalue weighted by atomic mass is 10.1. The molecule has 0 spiro atoms. The predicted octanol–water partition coefficient (Wildman–Crippen LogP) is 10.5. The van der Waals surface area contributed by atoms with Crippen molar-refractivity contribution < 1.29 is 14.3 Å². The van der Waals surface area contributed by atoms with Crippen molar-refractivity contribution in [3.63, 3.8) is 0 Å². The highest BCUT2D eigenvalue weighted by Gasteiger charge is 2.06. The first-order valence-electron chi connectivity index (χ1n) is 15.1. The summed E-state index contributed by atoms with van der Waals surface area (Å²) in [7, 11) is 0. The lowest BCUT2D eigenvalue weighted by molar-refractivity contribution is 0.0497. The molecule has 0 fully saturated rings. The van der Waals surface area contributed by atoms with Crippen LogP contribution in [-0.4, -0.2) is 19.2 Å². The molecule has 2 rings (SSSR count). The molecule has 2 aromatic carbocycles. The van der Waals surface area contributed by atoms with E-state index in [1.807, 2.05) is 24.3 Å². The average Bonchev–Trinajstić information content (AvgIpc) is 2.97. The Hall–Kier alpha value is -3.13. The van der Waals surface area contributed by atoms with E-state index in [2.05, 4.69) is 23.1 Å². The van der Waals surface area contributed by atoms with Crippen molar-refractivity contribution in [3.8, 4) is 18.1 Å². The fourth-order valence-corrected chi connectivity index (χ4v) is 4.28. The summed E-state index contributed by atoms with van der Waals surface area (Å²) >= 11 is 0. The van der Waals surface area contributed by atoms with Crippen molar-refractivity contribution in [3.05, 3.63) is 54.1 Å². The van der Waals surface area contributed by atoms with Crippen LogP contribution in [0.1, 0.15) is 120 Å². The predicted molar refractivity (Wildman–Crippen MR) is 161 cm³/mol. The quantitative estimate of drug-likeness (QED) is 0.0655. The highest BCUT2D eigenvalue weighted by molar-refractivity contribution is 5.89. The standard InChI is InChI=1S/C34H48N2O3/c1-3-5-7-9-11-13-15-16-18-28-38-33-26-24-32(25-27-33)36-35-31-22-20-30(21-23-31)34(37)39-29-19-17-14-12-10-8-6-4-2/h1,20-27H,4-19,28-29H2,2H3. The van der Waals surface area contributed by atoms with Crippen LogP contribution < -0.4 is 4.74 Å². The zero-order valence-corrected chi connectivity index (χ0v) is 24.0. The van der Waals surface area contributed by atoms with E-state index in [9.17, 15) is 4.79 Å². The van der Waals surface area contributed by atoms with Crippen molar-refractivity contribution in [2.45, 2.75) is 110 Å². The van der Waals surface area contributed by atoms with Gasteiger partial charge in [-0.05, 0) is 67.8 Å². The lowest BCUT2D eigenvalue weighted by Gasteiger charge is -2.06. The zero-order chi connectivity index (χ0) is 27.8. The number of unbranched alkanes of at least 4 members (excludes halogenated alkanes) is 14. The van der Waals surface area contributed by atoms with Crippen molar-refractivity contribution >= 4 is 17.3 Å². The van der Waals surface area contributed by atoms with Crippen LogP contribution in [0.4, 0.5) is 11.4 Å². The van der Waals surface area contributed by atoms with Gasteiger partial charge >= 0.3 is 5.97 Å². The molecule has 0 bridgehead atoms. The number of ether oxygens (including phenoxy) is 2. The number of carbonyl (C=O) groups excluding carboxylic acids is 1. The van der Waals surface area contributed by atoms with Crippen molar-refractivity contribution in [1.29, 1.82) is 0 Å². The van der Waals surface area contributed by atoms with E-state index >= 15 is 0 Å². The van der Waals surface area contributed by atoms with Gasteiger partial charge in [-0.3, -0.25) is 0 Å². The van der Waals surface area contributed by atoms with Crippen LogP contribution >= 0.6 is 0 Å². The molecule has 39 heavy (non-hydrogen) atoms. The van der Waals surface area contributed by atoms with Crippen molar-refractivity contribution in [2.24, 2.45) is 10.2 Å². The van der Waals surface area contributed by atoms with Gasteiger partial charge in [0.15, 0.2) is 0 Å². The van der Waals surface area contributed by atoms with E-state index in [1.54, 1.807) is 24.3 Å². The molecule has 0 saturated carbocycles. The second-order valence-electron chi connectivity index (χ2n) is 10.1. The monoisotopic (exact) mass is 532 g/mol. The molecular formula is C34H48N2O3. The van der Waals surface area contributed by atoms with Gasteiger partial charge in [0, 0.05) is 6.42 Å². The number of terminal acetylenes is 1. The van der Waals surface area contributed by atoms with E-state index in [-0.39, 0.29) is 5.97 Å². The first-order valence-corrected chi connectivity index (χ1v) is 15.1. The van der Waals surface area contributed by atoms with Gasteiger partial charge in [0.05, 0.1) is 30.2 Å². The minimum atomic E-state index is -0.284. The highest BCUT2D eigenvalue weighted by atomic mass is 16.5. The minimum absolute atomic E-state index is 0.284. The third-order valence-corrected chi connectivity index (χ3v) is 6.69. The van der Waals surface area contributed by atoms with E-state index in [4.69, 9.17) is 15.9 Å². The summed E-state index contributed by atoms with van der Waals surface area (Å²) in [5.74, 6) is 3.26. The number of esters is 1. The normalized spacial score (nSPS) is 11.0. The number of rotatable bonds is 22. The van der Waals surface area contributed by atoms with Crippen LogP contribution in [0, 0.1) is 12.3 Å². The number of hydrogen-bond donors (Lipinski definition) is 0. The fourth-order valence-electron chi connectivity index (χ4n) is 4.28. The summed E-state index contributed by atoms with van der Waals surface area (Å²) in [6.45, 7) is 3.44. The molecule has 0 aliphatic carbocycles. The van der Waals surface area contributed by atoms with E-state index in [0.717, 1.165) is 50.1 Å². The zero-order valence-electron chi connectivity index (χ0n) is 24.0. The van der Waals surface area contributed by atoms with Gasteiger partial charge in [-0.15, -0.1) is 12.3 Å². The summed E-state index contributed by atoms with van der Waals surface area (Å²) in [4.78, 5) is 12.3. The second kappa shape index (κ2) is 21.8. The van der Waals surface area contributed by atoms with Crippen LogP contribution in [0.5, 0.6) is 5.75 Å². The first-order chi connectivity index (χ1) is 19.2. The first kappa shape index (κ1) is 32.1. The topological polar surface area (TPSA) is 60.2 Å². The third-order valence-electron chi connectivity index (χ3n) is 6.69. The third kappa shape index (κ3) is 15.8. The molecule has 0 aliphatic rings. The summed E-state index contributed by atoms with van der Waals surface area (Å²) in [5.41, 5.74) is 1.97. The molecule has 212 valence electrons. The Labute approximate surface area is 236 Å². The van der Waals surface area contributed by atoms with Gasteiger partial charge in [-0.25, -0.2) is 4.79 Å². The Morgan fingerprint density at radius 2 is 1.15 bits per heavy atom. The van der Waals surface area contributed by atoms with Gasteiger partial charge in [0.1, 0.15) is 5.75 Å². The fraction of sp³-hybridized carbons (Fsp3) is 0.559. The number of nitrogens with zero attached hydrogens (tertiary/aromatic N) is 2. The van der Waals surface area contributed by atoms with Crippen molar-refractivity contribution in [1.82, 2.24) is 0 Å². The molecule has 0 saturated heterocycles. The van der Waals surface area contributed by atoms with Gasteiger partial charge in [0.2, 0.25) is 0 Å². The molecule has 0 N–H and O–H groups in total. The molecule has 0 amide bonds. The maximum Gasteiger partial charge on any atom is 0.338 e. The average molecular weight is 533 g/mol. The number of hydrogen-bond acceptors (Lipinski definition) is 5. The van der Waals surface area contributed by atoms with Crippen LogP contribution in [0.3, 0.4) is 0 Å².